The first-order chi connectivity index (χ1) is 9.60. The second-order valence-electron chi connectivity index (χ2n) is 5.17. The maximum absolute atomic E-state index is 5.49. The van der Waals surface area contributed by atoms with E-state index in [0.717, 1.165) is 17.6 Å². The molecule has 4 nitrogen and oxygen atoms in total. The van der Waals surface area contributed by atoms with E-state index in [-0.39, 0.29) is 12.2 Å². The van der Waals surface area contributed by atoms with Crippen LogP contribution in [0.2, 0.25) is 0 Å². The molecular formula is C15H23BrN2O2. The first-order valence-electron chi connectivity index (χ1n) is 6.88. The van der Waals surface area contributed by atoms with E-state index in [1.165, 1.54) is 11.3 Å². The van der Waals surface area contributed by atoms with Gasteiger partial charge >= 0.3 is 0 Å². The Bertz CT molecular complexity index is 443. The van der Waals surface area contributed by atoms with Crippen molar-refractivity contribution in [3.05, 3.63) is 28.2 Å². The van der Waals surface area contributed by atoms with Crippen LogP contribution in [0, 0.1) is 0 Å². The lowest BCUT2D eigenvalue weighted by molar-refractivity contribution is -0.00461. The van der Waals surface area contributed by atoms with Crippen LogP contribution in [0.25, 0.3) is 0 Å². The number of benzene rings is 1. The van der Waals surface area contributed by atoms with E-state index in [1.807, 2.05) is 7.05 Å². The molecule has 0 bridgehead atoms. The molecule has 20 heavy (non-hydrogen) atoms. The standard InChI is InChI=1S/C15H23BrN2O2/c1-10(17-2)12-6-5-11(7-13(12)16)18-8-14(19-3)15(9-18)20-4/h5-7,10,14-15,17H,8-9H2,1-4H3. The topological polar surface area (TPSA) is 33.7 Å². The summed E-state index contributed by atoms with van der Waals surface area (Å²) in [6.45, 7) is 3.88. The van der Waals surface area contributed by atoms with Crippen LogP contribution in [-0.4, -0.2) is 46.6 Å². The highest BCUT2D eigenvalue weighted by atomic mass is 79.9. The molecule has 1 aliphatic rings. The molecule has 3 atom stereocenters. The second kappa shape index (κ2) is 6.89. The normalized spacial score (nSPS) is 24.1. The number of nitrogens with zero attached hydrogens (tertiary/aromatic N) is 1. The minimum atomic E-state index is 0.134. The zero-order valence-electron chi connectivity index (χ0n) is 12.5. The molecule has 1 saturated heterocycles. The molecule has 0 spiro atoms. The fourth-order valence-electron chi connectivity index (χ4n) is 2.63. The summed E-state index contributed by atoms with van der Waals surface area (Å²) < 4.78 is 12.1. The largest absolute Gasteiger partial charge is 0.377 e. The Kier molecular flexibility index (Phi) is 5.43. The lowest BCUT2D eigenvalue weighted by Crippen LogP contribution is -2.27. The quantitative estimate of drug-likeness (QED) is 0.891. The Hall–Kier alpha value is -0.620. The number of methoxy groups -OCH3 is 2. The van der Waals surface area contributed by atoms with Crippen LogP contribution >= 0.6 is 15.9 Å². The lowest BCUT2D eigenvalue weighted by Gasteiger charge is -2.20. The molecule has 1 aliphatic heterocycles. The number of hydrogen-bond acceptors (Lipinski definition) is 4. The number of halogens is 1. The molecule has 1 N–H and O–H groups in total. The van der Waals surface area contributed by atoms with Crippen LogP contribution in [0.4, 0.5) is 5.69 Å². The monoisotopic (exact) mass is 342 g/mol. The Morgan fingerprint density at radius 2 is 1.85 bits per heavy atom. The highest BCUT2D eigenvalue weighted by Crippen LogP contribution is 2.30. The third-order valence-corrected chi connectivity index (χ3v) is 4.76. The number of nitrogens with one attached hydrogen (secondary N) is 1. The first kappa shape index (κ1) is 15.8. The van der Waals surface area contributed by atoms with Gasteiger partial charge in [0.1, 0.15) is 12.2 Å². The third kappa shape index (κ3) is 3.17. The lowest BCUT2D eigenvalue weighted by atomic mass is 10.1. The van der Waals surface area contributed by atoms with Crippen molar-refractivity contribution in [2.24, 2.45) is 0 Å². The van der Waals surface area contributed by atoms with Gasteiger partial charge in [-0.25, -0.2) is 0 Å². The van der Waals surface area contributed by atoms with Crippen molar-refractivity contribution in [1.82, 2.24) is 5.32 Å². The fourth-order valence-corrected chi connectivity index (χ4v) is 3.34. The van der Waals surface area contributed by atoms with E-state index in [4.69, 9.17) is 9.47 Å². The van der Waals surface area contributed by atoms with Crippen LogP contribution in [0.1, 0.15) is 18.5 Å². The van der Waals surface area contributed by atoms with E-state index in [2.05, 4.69) is 51.3 Å². The summed E-state index contributed by atoms with van der Waals surface area (Å²) in [6.07, 6.45) is 0.268. The number of ether oxygens (including phenoxy) is 2. The molecule has 2 rings (SSSR count). The number of rotatable bonds is 5. The smallest absolute Gasteiger partial charge is 0.102 e. The van der Waals surface area contributed by atoms with E-state index < -0.39 is 0 Å². The van der Waals surface area contributed by atoms with E-state index in [1.54, 1.807) is 14.2 Å². The van der Waals surface area contributed by atoms with Crippen molar-refractivity contribution < 1.29 is 9.47 Å². The molecule has 0 radical (unpaired) electrons. The molecule has 0 amide bonds. The summed E-state index contributed by atoms with van der Waals surface area (Å²) >= 11 is 3.67. The molecule has 0 aromatic heterocycles. The van der Waals surface area contributed by atoms with Gasteiger partial charge in [-0.1, -0.05) is 22.0 Å². The van der Waals surface area contributed by atoms with Crippen LogP contribution in [0.15, 0.2) is 22.7 Å². The van der Waals surface area contributed by atoms with E-state index in [9.17, 15) is 0 Å². The van der Waals surface area contributed by atoms with Gasteiger partial charge in [-0.3, -0.25) is 0 Å². The summed E-state index contributed by atoms with van der Waals surface area (Å²) in [5.41, 5.74) is 2.47. The van der Waals surface area contributed by atoms with Gasteiger partial charge < -0.3 is 19.7 Å². The Labute approximate surface area is 129 Å². The Balaban J connectivity index is 2.16. The van der Waals surface area contributed by atoms with Crippen LogP contribution in [-0.2, 0) is 9.47 Å². The van der Waals surface area contributed by atoms with Gasteiger partial charge in [-0.2, -0.15) is 0 Å². The highest BCUT2D eigenvalue weighted by Gasteiger charge is 2.33. The average Bonchev–Trinajstić information content (AvgIpc) is 2.89. The van der Waals surface area contributed by atoms with Crippen LogP contribution < -0.4 is 10.2 Å². The third-order valence-electron chi connectivity index (χ3n) is 4.07. The van der Waals surface area contributed by atoms with Gasteiger partial charge in [0.15, 0.2) is 0 Å². The van der Waals surface area contributed by atoms with Crippen molar-refractivity contribution in [1.29, 1.82) is 0 Å². The molecule has 1 fully saturated rings. The SMILES string of the molecule is CNC(C)c1ccc(N2CC(OC)C(OC)C2)cc1Br. The van der Waals surface area contributed by atoms with E-state index in [0.29, 0.717) is 6.04 Å². The predicted octanol–water partition coefficient (Wildman–Crippen LogP) is 2.58. The molecule has 3 unspecified atom stereocenters. The maximum Gasteiger partial charge on any atom is 0.102 e. The van der Waals surface area contributed by atoms with Crippen molar-refractivity contribution in [2.75, 3.05) is 39.3 Å². The molecule has 112 valence electrons. The minimum absolute atomic E-state index is 0.134. The van der Waals surface area contributed by atoms with Crippen molar-refractivity contribution in [3.63, 3.8) is 0 Å². The fraction of sp³-hybridized carbons (Fsp3) is 0.600. The zero-order valence-corrected chi connectivity index (χ0v) is 14.1. The van der Waals surface area contributed by atoms with Gasteiger partial charge in [0.2, 0.25) is 0 Å². The highest BCUT2D eigenvalue weighted by molar-refractivity contribution is 9.10. The second-order valence-corrected chi connectivity index (χ2v) is 6.02. The Morgan fingerprint density at radius 1 is 1.25 bits per heavy atom. The summed E-state index contributed by atoms with van der Waals surface area (Å²) in [7, 11) is 5.46. The maximum atomic E-state index is 5.49. The molecule has 1 heterocycles. The average molecular weight is 343 g/mol. The van der Waals surface area contributed by atoms with Crippen molar-refractivity contribution in [2.45, 2.75) is 25.2 Å². The summed E-state index contributed by atoms with van der Waals surface area (Å²) in [5.74, 6) is 0. The summed E-state index contributed by atoms with van der Waals surface area (Å²) in [4.78, 5) is 2.31. The molecule has 1 aromatic carbocycles. The molecule has 5 heteroatoms. The van der Waals surface area contributed by atoms with Gasteiger partial charge in [0.25, 0.3) is 0 Å². The minimum Gasteiger partial charge on any atom is -0.377 e. The number of anilines is 1. The van der Waals surface area contributed by atoms with Crippen molar-refractivity contribution in [3.8, 4) is 0 Å². The van der Waals surface area contributed by atoms with Crippen LogP contribution in [0.3, 0.4) is 0 Å². The zero-order chi connectivity index (χ0) is 14.7. The van der Waals surface area contributed by atoms with Gasteiger partial charge in [-0.05, 0) is 31.7 Å². The van der Waals surface area contributed by atoms with E-state index >= 15 is 0 Å². The number of hydrogen-bond donors (Lipinski definition) is 1. The Morgan fingerprint density at radius 3 is 2.30 bits per heavy atom. The summed E-state index contributed by atoms with van der Waals surface area (Å²) in [5, 5.41) is 3.26. The van der Waals surface area contributed by atoms with Crippen LogP contribution in [0.5, 0.6) is 0 Å². The first-order valence-corrected chi connectivity index (χ1v) is 7.67. The van der Waals surface area contributed by atoms with Crippen molar-refractivity contribution >= 4 is 21.6 Å². The predicted molar refractivity (Wildman–Crippen MR) is 85.4 cm³/mol. The molecule has 1 aromatic rings. The van der Waals surface area contributed by atoms with Gasteiger partial charge in [-0.15, -0.1) is 0 Å². The summed E-state index contributed by atoms with van der Waals surface area (Å²) in [6, 6.07) is 6.84. The molecule has 0 aliphatic carbocycles. The van der Waals surface area contributed by atoms with Gasteiger partial charge in [0, 0.05) is 43.5 Å². The van der Waals surface area contributed by atoms with Gasteiger partial charge in [0.05, 0.1) is 0 Å². The molecule has 0 saturated carbocycles. The molecular weight excluding hydrogens is 320 g/mol.